The van der Waals surface area contributed by atoms with E-state index in [0.29, 0.717) is 19.4 Å². The van der Waals surface area contributed by atoms with Gasteiger partial charge in [0.1, 0.15) is 0 Å². The van der Waals surface area contributed by atoms with Crippen LogP contribution in [-0.2, 0) is 11.3 Å². The third kappa shape index (κ3) is 3.63. The highest BCUT2D eigenvalue weighted by Crippen LogP contribution is 2.28. The summed E-state index contributed by atoms with van der Waals surface area (Å²) < 4.78 is 5.78. The van der Waals surface area contributed by atoms with Gasteiger partial charge in [0.25, 0.3) is 0 Å². The van der Waals surface area contributed by atoms with Crippen molar-refractivity contribution in [2.75, 3.05) is 0 Å². The molecule has 2 rings (SSSR count). The van der Waals surface area contributed by atoms with Gasteiger partial charge in [-0.05, 0) is 29.5 Å². The molecule has 1 aliphatic rings. The van der Waals surface area contributed by atoms with Crippen LogP contribution in [0.25, 0.3) is 20.9 Å². The zero-order valence-corrected chi connectivity index (χ0v) is 10.3. The second kappa shape index (κ2) is 6.66. The summed E-state index contributed by atoms with van der Waals surface area (Å²) in [5.41, 5.74) is 18.1. The Kier molecular flexibility index (Phi) is 4.64. The summed E-state index contributed by atoms with van der Waals surface area (Å²) in [6.45, 7) is 0.511. The Morgan fingerprint density at radius 2 is 1.63 bits per heavy atom. The molecule has 1 aromatic carbocycles. The molecule has 1 aromatic rings. The highest BCUT2D eigenvalue weighted by Gasteiger charge is 2.33. The van der Waals surface area contributed by atoms with E-state index in [1.165, 1.54) is 0 Å². The number of rotatable bonds is 5. The summed E-state index contributed by atoms with van der Waals surface area (Å²) in [5, 5.41) is 7.33. The van der Waals surface area contributed by atoms with Crippen molar-refractivity contribution in [1.29, 1.82) is 0 Å². The Morgan fingerprint density at radius 1 is 1.05 bits per heavy atom. The van der Waals surface area contributed by atoms with Crippen LogP contribution < -0.4 is 0 Å². The molecule has 2 unspecified atom stereocenters. The fourth-order valence-electron chi connectivity index (χ4n) is 2.25. The summed E-state index contributed by atoms with van der Waals surface area (Å²) in [4.78, 5) is 5.58. The molecule has 2 atom stereocenters. The first-order chi connectivity index (χ1) is 9.33. The van der Waals surface area contributed by atoms with Gasteiger partial charge in [0.2, 0.25) is 0 Å². The quantitative estimate of drug-likeness (QED) is 0.447. The molecule has 1 fully saturated rings. The molecule has 0 aromatic heterocycles. The minimum atomic E-state index is -0.304. The van der Waals surface area contributed by atoms with Gasteiger partial charge in [0, 0.05) is 21.9 Å². The summed E-state index contributed by atoms with van der Waals surface area (Å²) >= 11 is 0. The minimum Gasteiger partial charge on any atom is -0.374 e. The maximum absolute atomic E-state index is 8.49. The van der Waals surface area contributed by atoms with Gasteiger partial charge in [-0.2, -0.15) is 0 Å². The average molecular weight is 258 g/mol. The molecule has 0 saturated heterocycles. The van der Waals surface area contributed by atoms with Crippen LogP contribution >= 0.6 is 0 Å². The Balaban J connectivity index is 1.92. The van der Waals surface area contributed by atoms with E-state index in [-0.39, 0.29) is 18.2 Å². The molecule has 1 aliphatic carbocycles. The molecule has 1 saturated carbocycles. The first-order valence-corrected chi connectivity index (χ1v) is 6.07. The summed E-state index contributed by atoms with van der Waals surface area (Å²) in [7, 11) is 0. The van der Waals surface area contributed by atoms with Crippen LogP contribution in [0.4, 0.5) is 0 Å². The average Bonchev–Trinajstić information content (AvgIpc) is 2.81. The standard InChI is InChI=1S/C12H14N6O/c13-17-15-11-6-10(7-12(11)16-18-14)19-8-9-4-2-1-3-5-9/h1-5,10-12H,6-8H2. The maximum atomic E-state index is 8.49. The van der Waals surface area contributed by atoms with Crippen LogP contribution in [0.3, 0.4) is 0 Å². The largest absolute Gasteiger partial charge is 0.374 e. The third-order valence-corrected chi connectivity index (χ3v) is 3.18. The molecule has 0 N–H and O–H groups in total. The number of hydrogen-bond acceptors (Lipinski definition) is 3. The number of benzene rings is 1. The Hall–Kier alpha value is -2.20. The molecule has 0 radical (unpaired) electrons. The Labute approximate surface area is 110 Å². The van der Waals surface area contributed by atoms with Crippen molar-refractivity contribution in [2.24, 2.45) is 10.2 Å². The molecule has 7 heteroatoms. The van der Waals surface area contributed by atoms with Crippen LogP contribution in [-0.4, -0.2) is 18.2 Å². The van der Waals surface area contributed by atoms with Gasteiger partial charge in [0.05, 0.1) is 12.7 Å². The second-order valence-corrected chi connectivity index (χ2v) is 4.43. The minimum absolute atomic E-state index is 0.0359. The SMILES string of the molecule is [N-]=[N+]=NC1CC(OCc2ccccc2)CC1N=[N+]=[N-]. The van der Waals surface area contributed by atoms with Crippen molar-refractivity contribution < 1.29 is 4.74 Å². The van der Waals surface area contributed by atoms with Crippen molar-refractivity contribution in [1.82, 2.24) is 0 Å². The zero-order chi connectivity index (χ0) is 13.5. The molecular weight excluding hydrogens is 244 g/mol. The first kappa shape index (κ1) is 13.2. The number of ether oxygens (including phenoxy) is 1. The molecule has 19 heavy (non-hydrogen) atoms. The van der Waals surface area contributed by atoms with Crippen molar-refractivity contribution in [3.8, 4) is 0 Å². The van der Waals surface area contributed by atoms with Gasteiger partial charge in [-0.1, -0.05) is 40.6 Å². The van der Waals surface area contributed by atoms with Crippen LogP contribution in [0.15, 0.2) is 40.6 Å². The first-order valence-electron chi connectivity index (χ1n) is 6.07. The van der Waals surface area contributed by atoms with Gasteiger partial charge < -0.3 is 4.74 Å². The van der Waals surface area contributed by atoms with Gasteiger partial charge in [-0.3, -0.25) is 0 Å². The number of azide groups is 2. The second-order valence-electron chi connectivity index (χ2n) is 4.43. The molecule has 0 aliphatic heterocycles. The van der Waals surface area contributed by atoms with Gasteiger partial charge >= 0.3 is 0 Å². The third-order valence-electron chi connectivity index (χ3n) is 3.18. The van der Waals surface area contributed by atoms with Crippen LogP contribution in [0.2, 0.25) is 0 Å². The number of nitrogens with zero attached hydrogens (tertiary/aromatic N) is 6. The fourth-order valence-corrected chi connectivity index (χ4v) is 2.25. The Bertz CT molecular complexity index is 480. The topological polar surface area (TPSA) is 107 Å². The Morgan fingerprint density at radius 3 is 2.16 bits per heavy atom. The predicted octanol–water partition coefficient (Wildman–Crippen LogP) is 3.72. The lowest BCUT2D eigenvalue weighted by Gasteiger charge is -2.11. The van der Waals surface area contributed by atoms with Crippen LogP contribution in [0.1, 0.15) is 18.4 Å². The molecule has 98 valence electrons. The molecular formula is C12H14N6O. The lowest BCUT2D eigenvalue weighted by molar-refractivity contribution is 0.0441. The van der Waals surface area contributed by atoms with Crippen molar-refractivity contribution in [3.05, 3.63) is 56.8 Å². The van der Waals surface area contributed by atoms with E-state index in [4.69, 9.17) is 15.8 Å². The monoisotopic (exact) mass is 258 g/mol. The van der Waals surface area contributed by atoms with Crippen molar-refractivity contribution >= 4 is 0 Å². The fraction of sp³-hybridized carbons (Fsp3) is 0.500. The molecule has 0 amide bonds. The van der Waals surface area contributed by atoms with E-state index >= 15 is 0 Å². The predicted molar refractivity (Wildman–Crippen MR) is 70.1 cm³/mol. The smallest absolute Gasteiger partial charge is 0.0720 e. The maximum Gasteiger partial charge on any atom is 0.0720 e. The van der Waals surface area contributed by atoms with Gasteiger partial charge in [-0.15, -0.1) is 0 Å². The normalized spacial score (nSPS) is 25.4. The molecule has 0 spiro atoms. The molecule has 0 heterocycles. The van der Waals surface area contributed by atoms with E-state index in [0.717, 1.165) is 5.56 Å². The van der Waals surface area contributed by atoms with Gasteiger partial charge in [-0.25, -0.2) is 0 Å². The van der Waals surface area contributed by atoms with Gasteiger partial charge in [0.15, 0.2) is 0 Å². The number of hydrogen-bond donors (Lipinski definition) is 0. The zero-order valence-electron chi connectivity index (χ0n) is 10.3. The van der Waals surface area contributed by atoms with E-state index in [9.17, 15) is 0 Å². The summed E-state index contributed by atoms with van der Waals surface area (Å²) in [5.74, 6) is 0. The van der Waals surface area contributed by atoms with E-state index in [1.54, 1.807) is 0 Å². The van der Waals surface area contributed by atoms with E-state index in [2.05, 4.69) is 20.1 Å². The molecule has 0 bridgehead atoms. The highest BCUT2D eigenvalue weighted by molar-refractivity contribution is 5.13. The summed E-state index contributed by atoms with van der Waals surface area (Å²) in [6.07, 6.45) is 1.16. The lowest BCUT2D eigenvalue weighted by Crippen LogP contribution is -2.12. The van der Waals surface area contributed by atoms with Crippen LogP contribution in [0, 0.1) is 0 Å². The highest BCUT2D eigenvalue weighted by atomic mass is 16.5. The van der Waals surface area contributed by atoms with E-state index < -0.39 is 0 Å². The summed E-state index contributed by atoms with van der Waals surface area (Å²) in [6, 6.07) is 9.24. The van der Waals surface area contributed by atoms with Crippen molar-refractivity contribution in [3.63, 3.8) is 0 Å². The molecule has 7 nitrogen and oxygen atoms in total. The van der Waals surface area contributed by atoms with Crippen LogP contribution in [0.5, 0.6) is 0 Å². The lowest BCUT2D eigenvalue weighted by atomic mass is 10.2. The van der Waals surface area contributed by atoms with E-state index in [1.807, 2.05) is 30.3 Å². The van der Waals surface area contributed by atoms with Crippen molar-refractivity contribution in [2.45, 2.75) is 37.6 Å².